The van der Waals surface area contributed by atoms with E-state index in [1.54, 1.807) is 19.9 Å². The van der Waals surface area contributed by atoms with Gasteiger partial charge in [0.25, 0.3) is 0 Å². The van der Waals surface area contributed by atoms with Gasteiger partial charge >= 0.3 is 0 Å². The molecule has 1 N–H and O–H groups in total. The van der Waals surface area contributed by atoms with Crippen molar-refractivity contribution in [3.05, 3.63) is 29.3 Å². The number of aromatic hydroxyl groups is 1. The van der Waals surface area contributed by atoms with Crippen molar-refractivity contribution in [2.75, 3.05) is 0 Å². The van der Waals surface area contributed by atoms with E-state index in [4.69, 9.17) is 0 Å². The molecule has 0 unspecified atom stereocenters. The fourth-order valence-electron chi connectivity index (χ4n) is 3.70. The van der Waals surface area contributed by atoms with Crippen molar-refractivity contribution in [1.29, 1.82) is 0 Å². The van der Waals surface area contributed by atoms with Crippen LogP contribution in [0, 0.1) is 17.3 Å². The largest absolute Gasteiger partial charge is 0.550 e. The van der Waals surface area contributed by atoms with E-state index in [2.05, 4.69) is 6.92 Å². The van der Waals surface area contributed by atoms with Crippen molar-refractivity contribution < 1.29 is 15.0 Å². The number of carboxylic acid groups (broad SMARTS) is 1. The van der Waals surface area contributed by atoms with Crippen molar-refractivity contribution in [3.63, 3.8) is 0 Å². The Morgan fingerprint density at radius 3 is 2.75 bits per heavy atom. The van der Waals surface area contributed by atoms with Gasteiger partial charge in [0.05, 0.1) is 0 Å². The van der Waals surface area contributed by atoms with Crippen LogP contribution in [-0.4, -0.2) is 11.1 Å². The normalized spacial score (nSPS) is 20.2. The first-order valence-electron chi connectivity index (χ1n) is 7.38. The standard InChI is InChI=1S/C17H24O3/c1-4-15(17(2,3)16(19)20)13-6-5-12-10-14(18)8-7-11(12)9-13/h7-8,10,13,15,18H,4-6,9H2,1-3H3,(H,19,20)/p-1/t13-,15+/m0/s1. The first-order valence-corrected chi connectivity index (χ1v) is 7.38. The van der Waals surface area contributed by atoms with E-state index in [1.807, 2.05) is 12.1 Å². The van der Waals surface area contributed by atoms with Crippen LogP contribution in [0.4, 0.5) is 0 Å². The molecule has 0 saturated heterocycles. The van der Waals surface area contributed by atoms with Gasteiger partial charge in [-0.3, -0.25) is 0 Å². The Morgan fingerprint density at radius 2 is 2.15 bits per heavy atom. The van der Waals surface area contributed by atoms with E-state index >= 15 is 0 Å². The van der Waals surface area contributed by atoms with Gasteiger partial charge in [0, 0.05) is 11.4 Å². The van der Waals surface area contributed by atoms with Gasteiger partial charge in [-0.15, -0.1) is 0 Å². The fraction of sp³-hybridized carbons (Fsp3) is 0.588. The molecular weight excluding hydrogens is 252 g/mol. The molecule has 2 atom stereocenters. The summed E-state index contributed by atoms with van der Waals surface area (Å²) < 4.78 is 0. The van der Waals surface area contributed by atoms with Crippen LogP contribution in [0.25, 0.3) is 0 Å². The summed E-state index contributed by atoms with van der Waals surface area (Å²) in [6, 6.07) is 5.51. The molecule has 0 fully saturated rings. The molecule has 0 aliphatic heterocycles. The van der Waals surface area contributed by atoms with Crippen LogP contribution < -0.4 is 5.11 Å². The monoisotopic (exact) mass is 275 g/mol. The van der Waals surface area contributed by atoms with E-state index in [0.29, 0.717) is 11.7 Å². The van der Waals surface area contributed by atoms with E-state index < -0.39 is 11.4 Å². The average molecular weight is 275 g/mol. The summed E-state index contributed by atoms with van der Waals surface area (Å²) >= 11 is 0. The van der Waals surface area contributed by atoms with Crippen LogP contribution in [0.15, 0.2) is 18.2 Å². The van der Waals surface area contributed by atoms with Crippen molar-refractivity contribution in [2.24, 2.45) is 17.3 Å². The molecule has 0 saturated carbocycles. The second kappa shape index (κ2) is 5.47. The van der Waals surface area contributed by atoms with Crippen LogP contribution in [0.1, 0.15) is 44.7 Å². The van der Waals surface area contributed by atoms with Crippen molar-refractivity contribution >= 4 is 5.97 Å². The van der Waals surface area contributed by atoms with Crippen LogP contribution in [0.3, 0.4) is 0 Å². The highest BCUT2D eigenvalue weighted by atomic mass is 16.4. The molecule has 0 radical (unpaired) electrons. The lowest BCUT2D eigenvalue weighted by atomic mass is 9.65. The lowest BCUT2D eigenvalue weighted by Gasteiger charge is -2.42. The molecule has 0 bridgehead atoms. The maximum atomic E-state index is 11.4. The summed E-state index contributed by atoms with van der Waals surface area (Å²) in [5, 5.41) is 20.9. The molecule has 20 heavy (non-hydrogen) atoms. The molecule has 0 amide bonds. The summed E-state index contributed by atoms with van der Waals surface area (Å²) in [5.74, 6) is -0.162. The molecular formula is C17H23O3-. The minimum absolute atomic E-state index is 0.120. The first kappa shape index (κ1) is 14.9. The summed E-state index contributed by atoms with van der Waals surface area (Å²) in [5.41, 5.74) is 1.64. The van der Waals surface area contributed by atoms with Gasteiger partial charge in [0.2, 0.25) is 0 Å². The third-order valence-corrected chi connectivity index (χ3v) is 4.92. The fourth-order valence-corrected chi connectivity index (χ4v) is 3.70. The molecule has 1 aliphatic carbocycles. The van der Waals surface area contributed by atoms with Gasteiger partial charge in [-0.2, -0.15) is 0 Å². The number of phenolic OH excluding ortho intramolecular Hbond substituents is 1. The van der Waals surface area contributed by atoms with Gasteiger partial charge in [0.1, 0.15) is 5.75 Å². The van der Waals surface area contributed by atoms with E-state index in [0.717, 1.165) is 25.7 Å². The number of carbonyl (C=O) groups is 1. The Bertz CT molecular complexity index is 505. The number of carbonyl (C=O) groups excluding carboxylic acids is 1. The summed E-state index contributed by atoms with van der Waals surface area (Å²) in [6.45, 7) is 5.62. The van der Waals surface area contributed by atoms with Crippen molar-refractivity contribution in [2.45, 2.75) is 46.5 Å². The zero-order valence-electron chi connectivity index (χ0n) is 12.5. The minimum atomic E-state index is -0.958. The number of carboxylic acids is 1. The zero-order valence-corrected chi connectivity index (χ0v) is 12.5. The number of benzene rings is 1. The van der Waals surface area contributed by atoms with E-state index in [9.17, 15) is 15.0 Å². The molecule has 0 spiro atoms. The van der Waals surface area contributed by atoms with E-state index in [-0.39, 0.29) is 5.92 Å². The smallest absolute Gasteiger partial charge is 0.115 e. The second-order valence-electron chi connectivity index (χ2n) is 6.48. The van der Waals surface area contributed by atoms with Gasteiger partial charge < -0.3 is 15.0 Å². The Kier molecular flexibility index (Phi) is 4.07. The topological polar surface area (TPSA) is 60.4 Å². The number of hydrogen-bond donors (Lipinski definition) is 1. The summed E-state index contributed by atoms with van der Waals surface area (Å²) in [7, 11) is 0. The number of fused-ring (bicyclic) bond motifs is 1. The number of phenols is 1. The molecule has 2 rings (SSSR count). The first-order chi connectivity index (χ1) is 9.36. The van der Waals surface area contributed by atoms with Crippen LogP contribution >= 0.6 is 0 Å². The quantitative estimate of drug-likeness (QED) is 0.917. The Morgan fingerprint density at radius 1 is 1.45 bits per heavy atom. The van der Waals surface area contributed by atoms with Gasteiger partial charge in [-0.25, -0.2) is 0 Å². The van der Waals surface area contributed by atoms with Crippen molar-refractivity contribution in [1.82, 2.24) is 0 Å². The maximum Gasteiger partial charge on any atom is 0.115 e. The molecule has 0 heterocycles. The Labute approximate surface area is 120 Å². The molecule has 1 aromatic rings. The zero-order chi connectivity index (χ0) is 14.9. The van der Waals surface area contributed by atoms with Crippen LogP contribution in [0.5, 0.6) is 5.75 Å². The van der Waals surface area contributed by atoms with Crippen LogP contribution in [-0.2, 0) is 17.6 Å². The highest BCUT2D eigenvalue weighted by Gasteiger charge is 2.36. The Balaban J connectivity index is 2.23. The third-order valence-electron chi connectivity index (χ3n) is 4.92. The highest BCUT2D eigenvalue weighted by molar-refractivity contribution is 5.71. The van der Waals surface area contributed by atoms with Gasteiger partial charge in [-0.1, -0.05) is 33.3 Å². The third kappa shape index (κ3) is 2.67. The lowest BCUT2D eigenvalue weighted by Crippen LogP contribution is -2.46. The molecule has 1 aliphatic rings. The number of aryl methyl sites for hydroxylation is 1. The van der Waals surface area contributed by atoms with Crippen LogP contribution in [0.2, 0.25) is 0 Å². The lowest BCUT2D eigenvalue weighted by molar-refractivity contribution is -0.321. The van der Waals surface area contributed by atoms with E-state index in [1.165, 1.54) is 11.1 Å². The van der Waals surface area contributed by atoms with Gasteiger partial charge in [-0.05, 0) is 54.4 Å². The maximum absolute atomic E-state index is 11.4. The number of aliphatic carboxylic acids is 1. The summed E-state index contributed by atoms with van der Waals surface area (Å²) in [4.78, 5) is 11.4. The summed E-state index contributed by atoms with van der Waals surface area (Å²) in [6.07, 6.45) is 3.63. The molecule has 3 nitrogen and oxygen atoms in total. The van der Waals surface area contributed by atoms with Gasteiger partial charge in [0.15, 0.2) is 0 Å². The molecule has 110 valence electrons. The molecule has 3 heteroatoms. The molecule has 0 aromatic heterocycles. The predicted molar refractivity (Wildman–Crippen MR) is 76.2 cm³/mol. The minimum Gasteiger partial charge on any atom is -0.550 e. The highest BCUT2D eigenvalue weighted by Crippen LogP contribution is 2.41. The number of hydrogen-bond acceptors (Lipinski definition) is 3. The predicted octanol–water partition coefficient (Wildman–Crippen LogP) is 2.30. The Hall–Kier alpha value is -1.51. The average Bonchev–Trinajstić information content (AvgIpc) is 2.39. The second-order valence-corrected chi connectivity index (χ2v) is 6.48. The van der Waals surface area contributed by atoms with Crippen molar-refractivity contribution in [3.8, 4) is 5.75 Å². The number of rotatable bonds is 4. The molecule has 1 aromatic carbocycles. The SMILES string of the molecule is CC[C@H]([C@H]1CCc2cc(O)ccc2C1)C(C)(C)C(=O)[O-].